The van der Waals surface area contributed by atoms with Crippen molar-refractivity contribution in [2.75, 3.05) is 26.4 Å². The van der Waals surface area contributed by atoms with Gasteiger partial charge >= 0.3 is 0 Å². The molecular formula is C18H22O4. The first-order valence-corrected chi connectivity index (χ1v) is 7.34. The third kappa shape index (κ3) is 4.00. The Bertz CT molecular complexity index is 567. The maximum absolute atomic E-state index is 8.82. The molecule has 0 unspecified atom stereocenters. The van der Waals surface area contributed by atoms with E-state index in [2.05, 4.69) is 12.1 Å². The van der Waals surface area contributed by atoms with Gasteiger partial charge < -0.3 is 19.7 Å². The van der Waals surface area contributed by atoms with Gasteiger partial charge in [-0.15, -0.1) is 0 Å². The van der Waals surface area contributed by atoms with Crippen LogP contribution in [0.25, 0.3) is 11.1 Å². The van der Waals surface area contributed by atoms with Crippen LogP contribution in [0.1, 0.15) is 11.1 Å². The van der Waals surface area contributed by atoms with E-state index in [1.54, 1.807) is 0 Å². The molecule has 0 heterocycles. The van der Waals surface area contributed by atoms with Gasteiger partial charge in [0.05, 0.1) is 13.2 Å². The minimum Gasteiger partial charge on any atom is -0.491 e. The average Bonchev–Trinajstić information content (AvgIpc) is 2.52. The highest BCUT2D eigenvalue weighted by atomic mass is 16.5. The van der Waals surface area contributed by atoms with Crippen molar-refractivity contribution in [3.8, 4) is 22.6 Å². The van der Waals surface area contributed by atoms with Crippen LogP contribution in [0.3, 0.4) is 0 Å². The Balaban J connectivity index is 2.21. The van der Waals surface area contributed by atoms with E-state index in [1.165, 1.54) is 0 Å². The zero-order chi connectivity index (χ0) is 15.9. The third-order valence-corrected chi connectivity index (χ3v) is 3.38. The van der Waals surface area contributed by atoms with Crippen LogP contribution in [0.15, 0.2) is 36.4 Å². The quantitative estimate of drug-likeness (QED) is 0.825. The summed E-state index contributed by atoms with van der Waals surface area (Å²) in [5, 5.41) is 17.6. The number of hydrogen-bond acceptors (Lipinski definition) is 4. The second-order valence-corrected chi connectivity index (χ2v) is 5.10. The Morgan fingerprint density at radius 3 is 1.45 bits per heavy atom. The Morgan fingerprint density at radius 1 is 0.727 bits per heavy atom. The molecule has 0 atom stereocenters. The van der Waals surface area contributed by atoms with Crippen LogP contribution in [0, 0.1) is 13.8 Å². The van der Waals surface area contributed by atoms with Gasteiger partial charge in [0.1, 0.15) is 24.7 Å². The van der Waals surface area contributed by atoms with E-state index in [1.807, 2.05) is 38.1 Å². The maximum atomic E-state index is 8.82. The summed E-state index contributed by atoms with van der Waals surface area (Å²) in [6.07, 6.45) is 0. The first kappa shape index (κ1) is 16.3. The zero-order valence-electron chi connectivity index (χ0n) is 13.0. The van der Waals surface area contributed by atoms with Gasteiger partial charge in [-0.3, -0.25) is 0 Å². The second-order valence-electron chi connectivity index (χ2n) is 5.10. The Labute approximate surface area is 130 Å². The molecule has 0 aliphatic carbocycles. The normalized spacial score (nSPS) is 10.5. The average molecular weight is 302 g/mol. The molecular weight excluding hydrogens is 280 g/mol. The van der Waals surface area contributed by atoms with Gasteiger partial charge in [-0.2, -0.15) is 0 Å². The molecule has 2 N–H and O–H groups in total. The molecule has 0 fully saturated rings. The molecule has 2 rings (SSSR count). The fourth-order valence-corrected chi connectivity index (χ4v) is 2.29. The predicted octanol–water partition coefficient (Wildman–Crippen LogP) is 2.71. The lowest BCUT2D eigenvalue weighted by molar-refractivity contribution is 0.200. The molecule has 22 heavy (non-hydrogen) atoms. The van der Waals surface area contributed by atoms with Crippen molar-refractivity contribution in [2.24, 2.45) is 0 Å². The van der Waals surface area contributed by atoms with Crippen molar-refractivity contribution in [1.29, 1.82) is 0 Å². The molecule has 0 radical (unpaired) electrons. The van der Waals surface area contributed by atoms with E-state index in [0.29, 0.717) is 13.2 Å². The smallest absolute Gasteiger partial charge is 0.122 e. The summed E-state index contributed by atoms with van der Waals surface area (Å²) in [4.78, 5) is 0. The molecule has 0 spiro atoms. The van der Waals surface area contributed by atoms with Crippen LogP contribution in [0.4, 0.5) is 0 Å². The van der Waals surface area contributed by atoms with E-state index in [-0.39, 0.29) is 13.2 Å². The zero-order valence-corrected chi connectivity index (χ0v) is 13.0. The lowest BCUT2D eigenvalue weighted by atomic mass is 10.0. The largest absolute Gasteiger partial charge is 0.491 e. The molecule has 0 amide bonds. The van der Waals surface area contributed by atoms with Crippen LogP contribution >= 0.6 is 0 Å². The molecule has 2 aromatic rings. The highest BCUT2D eigenvalue weighted by Gasteiger charge is 2.06. The molecule has 0 aliphatic rings. The van der Waals surface area contributed by atoms with Gasteiger partial charge in [-0.05, 0) is 60.4 Å². The number of rotatable bonds is 7. The van der Waals surface area contributed by atoms with Gasteiger partial charge in [-0.1, -0.05) is 12.1 Å². The molecule has 4 heteroatoms. The summed E-state index contributed by atoms with van der Waals surface area (Å²) in [6.45, 7) is 4.60. The minimum atomic E-state index is 0.00961. The van der Waals surface area contributed by atoms with Crippen LogP contribution in [-0.4, -0.2) is 36.6 Å². The SMILES string of the molecule is Cc1cc(-c2ccc(OCCO)c(C)c2)ccc1OCCO. The van der Waals surface area contributed by atoms with Gasteiger partial charge in [-0.25, -0.2) is 0 Å². The first-order chi connectivity index (χ1) is 10.7. The molecule has 0 saturated carbocycles. The molecule has 2 aromatic carbocycles. The van der Waals surface area contributed by atoms with Crippen LogP contribution in [-0.2, 0) is 0 Å². The highest BCUT2D eigenvalue weighted by Crippen LogP contribution is 2.29. The molecule has 4 nitrogen and oxygen atoms in total. The highest BCUT2D eigenvalue weighted by molar-refractivity contribution is 5.67. The minimum absolute atomic E-state index is 0.00961. The fraction of sp³-hybridized carbons (Fsp3) is 0.333. The Hall–Kier alpha value is -2.04. The molecule has 0 aromatic heterocycles. The monoisotopic (exact) mass is 302 g/mol. The number of benzene rings is 2. The van der Waals surface area contributed by atoms with Crippen LogP contribution in [0.2, 0.25) is 0 Å². The van der Waals surface area contributed by atoms with Crippen LogP contribution < -0.4 is 9.47 Å². The Kier molecular flexibility index (Phi) is 5.81. The van der Waals surface area contributed by atoms with Gasteiger partial charge in [0, 0.05) is 0 Å². The standard InChI is InChI=1S/C18H22O4/c1-13-11-15(3-5-17(13)21-9-7-19)16-4-6-18(14(2)12-16)22-10-8-20/h3-6,11-12,19-20H,7-10H2,1-2H3. The van der Waals surface area contributed by atoms with Crippen LogP contribution in [0.5, 0.6) is 11.5 Å². The molecule has 118 valence electrons. The van der Waals surface area contributed by atoms with Crippen molar-refractivity contribution in [3.05, 3.63) is 47.5 Å². The van der Waals surface area contributed by atoms with E-state index in [4.69, 9.17) is 19.7 Å². The van der Waals surface area contributed by atoms with Gasteiger partial charge in [0.2, 0.25) is 0 Å². The number of aliphatic hydroxyl groups excluding tert-OH is 2. The second kappa shape index (κ2) is 7.82. The molecule has 0 saturated heterocycles. The molecule has 0 aliphatic heterocycles. The van der Waals surface area contributed by atoms with Crippen molar-refractivity contribution in [3.63, 3.8) is 0 Å². The van der Waals surface area contributed by atoms with E-state index >= 15 is 0 Å². The van der Waals surface area contributed by atoms with Gasteiger partial charge in [0.25, 0.3) is 0 Å². The van der Waals surface area contributed by atoms with Gasteiger partial charge in [0.15, 0.2) is 0 Å². The van der Waals surface area contributed by atoms with Crippen molar-refractivity contribution >= 4 is 0 Å². The maximum Gasteiger partial charge on any atom is 0.122 e. The van der Waals surface area contributed by atoms with Crippen molar-refractivity contribution < 1.29 is 19.7 Å². The molecule has 0 bridgehead atoms. The van der Waals surface area contributed by atoms with E-state index < -0.39 is 0 Å². The summed E-state index contributed by atoms with van der Waals surface area (Å²) < 4.78 is 10.9. The summed E-state index contributed by atoms with van der Waals surface area (Å²) >= 11 is 0. The first-order valence-electron chi connectivity index (χ1n) is 7.34. The lowest BCUT2D eigenvalue weighted by Crippen LogP contribution is -2.03. The lowest BCUT2D eigenvalue weighted by Gasteiger charge is -2.12. The Morgan fingerprint density at radius 2 is 1.14 bits per heavy atom. The fourth-order valence-electron chi connectivity index (χ4n) is 2.29. The number of ether oxygens (including phenoxy) is 2. The summed E-state index contributed by atoms with van der Waals surface area (Å²) in [5.74, 6) is 1.58. The summed E-state index contributed by atoms with van der Waals surface area (Å²) in [6, 6.07) is 12.0. The van der Waals surface area contributed by atoms with Crippen molar-refractivity contribution in [2.45, 2.75) is 13.8 Å². The van der Waals surface area contributed by atoms with E-state index in [0.717, 1.165) is 33.8 Å². The third-order valence-electron chi connectivity index (χ3n) is 3.38. The summed E-state index contributed by atoms with van der Waals surface area (Å²) in [5.41, 5.74) is 4.27. The van der Waals surface area contributed by atoms with E-state index in [9.17, 15) is 0 Å². The number of aryl methyl sites for hydroxylation is 2. The topological polar surface area (TPSA) is 58.9 Å². The van der Waals surface area contributed by atoms with Crippen molar-refractivity contribution in [1.82, 2.24) is 0 Å². The number of aliphatic hydroxyl groups is 2. The predicted molar refractivity (Wildman–Crippen MR) is 86.5 cm³/mol. The number of hydrogen-bond donors (Lipinski definition) is 2. The summed E-state index contributed by atoms with van der Waals surface area (Å²) in [7, 11) is 0.